The molecule has 0 saturated carbocycles. The molecule has 0 bridgehead atoms. The Kier molecular flexibility index (Phi) is 5.46. The van der Waals surface area contributed by atoms with Crippen molar-refractivity contribution in [2.45, 2.75) is 6.54 Å². The molecule has 0 radical (unpaired) electrons. The van der Waals surface area contributed by atoms with Crippen molar-refractivity contribution in [3.63, 3.8) is 0 Å². The zero-order valence-electron chi connectivity index (χ0n) is 13.8. The van der Waals surface area contributed by atoms with E-state index in [1.165, 1.54) is 0 Å². The third-order valence-corrected chi connectivity index (χ3v) is 4.53. The topological polar surface area (TPSA) is 46.9 Å². The van der Waals surface area contributed by atoms with Crippen molar-refractivity contribution >= 4 is 33.5 Å². The van der Waals surface area contributed by atoms with Gasteiger partial charge in [0.05, 0.1) is 22.9 Å². The highest BCUT2D eigenvalue weighted by molar-refractivity contribution is 9.10. The minimum atomic E-state index is -0.122. The van der Waals surface area contributed by atoms with Crippen molar-refractivity contribution in [3.8, 4) is 0 Å². The van der Waals surface area contributed by atoms with E-state index >= 15 is 0 Å². The zero-order valence-corrected chi connectivity index (χ0v) is 15.4. The summed E-state index contributed by atoms with van der Waals surface area (Å²) < 4.78 is 2.62. The number of amides is 1. The minimum Gasteiger partial charge on any atom is -0.346 e. The van der Waals surface area contributed by atoms with E-state index < -0.39 is 0 Å². The molecule has 0 aliphatic rings. The lowest BCUT2D eigenvalue weighted by atomic mass is 10.0. The first-order chi connectivity index (χ1) is 12.1. The Morgan fingerprint density at radius 2 is 1.76 bits per heavy atom. The largest absolute Gasteiger partial charge is 0.346 e. The van der Waals surface area contributed by atoms with E-state index in [2.05, 4.69) is 26.3 Å². The number of hydrogen-bond acceptors (Lipinski definition) is 2. The molecular formula is C20H18BrN3O. The third-order valence-electron chi connectivity index (χ3n) is 3.87. The summed E-state index contributed by atoms with van der Waals surface area (Å²) >= 11 is 3.45. The quantitative estimate of drug-likeness (QED) is 0.523. The second kappa shape index (κ2) is 7.94. The highest BCUT2D eigenvalue weighted by Gasteiger charge is 2.14. The monoisotopic (exact) mass is 395 g/mol. The number of nitrogens with one attached hydrogen (secondary N) is 1. The molecule has 5 heteroatoms. The number of nitrogens with zero attached hydrogens (tertiary/aromatic N) is 2. The van der Waals surface area contributed by atoms with Gasteiger partial charge in [-0.1, -0.05) is 60.7 Å². The lowest BCUT2D eigenvalue weighted by Crippen LogP contribution is -2.25. The van der Waals surface area contributed by atoms with Crippen LogP contribution in [0, 0.1) is 0 Å². The summed E-state index contributed by atoms with van der Waals surface area (Å²) in [6.07, 6.45) is 3.63. The first-order valence-electron chi connectivity index (χ1n) is 7.92. The van der Waals surface area contributed by atoms with Crippen LogP contribution in [0.2, 0.25) is 0 Å². The fourth-order valence-electron chi connectivity index (χ4n) is 2.51. The Balaban J connectivity index is 1.87. The Morgan fingerprint density at radius 3 is 2.36 bits per heavy atom. The molecule has 4 nitrogen and oxygen atoms in total. The summed E-state index contributed by atoms with van der Waals surface area (Å²) in [7, 11) is 1.85. The molecule has 0 aliphatic heterocycles. The molecule has 1 amide bonds. The van der Waals surface area contributed by atoms with Crippen molar-refractivity contribution in [1.29, 1.82) is 0 Å². The second-order valence-corrected chi connectivity index (χ2v) is 6.43. The van der Waals surface area contributed by atoms with Crippen LogP contribution in [-0.4, -0.2) is 15.7 Å². The fourth-order valence-corrected chi connectivity index (χ4v) is 3.00. The van der Waals surface area contributed by atoms with E-state index in [0.29, 0.717) is 12.1 Å². The van der Waals surface area contributed by atoms with Crippen molar-refractivity contribution in [2.75, 3.05) is 0 Å². The van der Waals surface area contributed by atoms with Gasteiger partial charge in [-0.3, -0.25) is 9.48 Å². The Morgan fingerprint density at radius 1 is 1.12 bits per heavy atom. The maximum atomic E-state index is 12.8. The van der Waals surface area contributed by atoms with E-state index in [1.54, 1.807) is 10.9 Å². The van der Waals surface area contributed by atoms with Gasteiger partial charge in [0.25, 0.3) is 5.91 Å². The minimum absolute atomic E-state index is 0.122. The molecule has 1 aromatic heterocycles. The summed E-state index contributed by atoms with van der Waals surface area (Å²) in [5.74, 6) is -0.122. The number of halogens is 1. The van der Waals surface area contributed by atoms with Crippen LogP contribution >= 0.6 is 15.9 Å². The first kappa shape index (κ1) is 17.2. The Hall–Kier alpha value is -2.66. The van der Waals surface area contributed by atoms with Crippen molar-refractivity contribution in [3.05, 3.63) is 88.2 Å². The number of hydrogen-bond donors (Lipinski definition) is 1. The van der Waals surface area contributed by atoms with Gasteiger partial charge in [0.2, 0.25) is 0 Å². The Labute approximate surface area is 155 Å². The van der Waals surface area contributed by atoms with Crippen LogP contribution in [-0.2, 0) is 18.4 Å². The van der Waals surface area contributed by atoms with Crippen LogP contribution in [0.4, 0.5) is 0 Å². The molecule has 0 unspecified atom stereocenters. The molecule has 0 fully saturated rings. The second-order valence-electron chi connectivity index (χ2n) is 5.58. The standard InChI is InChI=1S/C20H18BrN3O/c1-24-19(18(21)13-23-24)14-22-20(25)17(16-10-6-3-7-11-16)12-15-8-4-2-5-9-15/h2-13H,14H2,1H3,(H,22,25)/b17-12-. The summed E-state index contributed by atoms with van der Waals surface area (Å²) in [6.45, 7) is 0.398. The van der Waals surface area contributed by atoms with E-state index in [-0.39, 0.29) is 5.91 Å². The average molecular weight is 396 g/mol. The summed E-state index contributed by atoms with van der Waals surface area (Å²) in [5.41, 5.74) is 3.41. The number of rotatable bonds is 5. The van der Waals surface area contributed by atoms with Gasteiger partial charge < -0.3 is 5.32 Å². The highest BCUT2D eigenvalue weighted by atomic mass is 79.9. The summed E-state index contributed by atoms with van der Waals surface area (Å²) in [6, 6.07) is 19.5. The van der Waals surface area contributed by atoms with E-state index in [4.69, 9.17) is 0 Å². The molecule has 0 saturated heterocycles. The van der Waals surface area contributed by atoms with Gasteiger partial charge in [0.15, 0.2) is 0 Å². The molecule has 0 aliphatic carbocycles. The third kappa shape index (κ3) is 4.25. The SMILES string of the molecule is Cn1ncc(Br)c1CNC(=O)/C(=C\c1ccccc1)c1ccccc1. The molecule has 25 heavy (non-hydrogen) atoms. The number of carbonyl (C=O) groups is 1. The van der Waals surface area contributed by atoms with Gasteiger partial charge in [-0.2, -0.15) is 5.10 Å². The normalized spacial score (nSPS) is 11.4. The van der Waals surface area contributed by atoms with Crippen LogP contribution < -0.4 is 5.32 Å². The molecule has 3 aromatic rings. The van der Waals surface area contributed by atoms with Crippen LogP contribution in [0.5, 0.6) is 0 Å². The zero-order chi connectivity index (χ0) is 17.6. The predicted molar refractivity (Wildman–Crippen MR) is 104 cm³/mol. The summed E-state index contributed by atoms with van der Waals surface area (Å²) in [5, 5.41) is 7.16. The molecule has 1 N–H and O–H groups in total. The lowest BCUT2D eigenvalue weighted by molar-refractivity contribution is -0.115. The van der Waals surface area contributed by atoms with Gasteiger partial charge in [-0.05, 0) is 33.1 Å². The number of benzene rings is 2. The van der Waals surface area contributed by atoms with Crippen molar-refractivity contribution in [1.82, 2.24) is 15.1 Å². The maximum absolute atomic E-state index is 12.8. The van der Waals surface area contributed by atoms with Gasteiger partial charge in [-0.25, -0.2) is 0 Å². The van der Waals surface area contributed by atoms with Crippen LogP contribution in [0.15, 0.2) is 71.3 Å². The molecule has 3 rings (SSSR count). The number of carbonyl (C=O) groups excluding carboxylic acids is 1. The van der Waals surface area contributed by atoms with Crippen LogP contribution in [0.1, 0.15) is 16.8 Å². The van der Waals surface area contributed by atoms with Gasteiger partial charge in [0.1, 0.15) is 0 Å². The maximum Gasteiger partial charge on any atom is 0.252 e. The van der Waals surface area contributed by atoms with Crippen molar-refractivity contribution in [2.24, 2.45) is 7.05 Å². The fraction of sp³-hybridized carbons (Fsp3) is 0.100. The summed E-state index contributed by atoms with van der Waals surface area (Å²) in [4.78, 5) is 12.8. The van der Waals surface area contributed by atoms with Gasteiger partial charge in [-0.15, -0.1) is 0 Å². The molecule has 0 spiro atoms. The molecule has 126 valence electrons. The first-order valence-corrected chi connectivity index (χ1v) is 8.71. The lowest BCUT2D eigenvalue weighted by Gasteiger charge is -2.10. The molecule has 0 atom stereocenters. The van der Waals surface area contributed by atoms with Crippen LogP contribution in [0.25, 0.3) is 11.6 Å². The average Bonchev–Trinajstić information content (AvgIpc) is 2.97. The van der Waals surface area contributed by atoms with E-state index in [1.807, 2.05) is 73.8 Å². The highest BCUT2D eigenvalue weighted by Crippen LogP contribution is 2.20. The van der Waals surface area contributed by atoms with Crippen LogP contribution in [0.3, 0.4) is 0 Å². The smallest absolute Gasteiger partial charge is 0.252 e. The molecular weight excluding hydrogens is 378 g/mol. The Bertz CT molecular complexity index is 866. The van der Waals surface area contributed by atoms with Gasteiger partial charge in [0, 0.05) is 12.6 Å². The van der Waals surface area contributed by atoms with E-state index in [9.17, 15) is 4.79 Å². The van der Waals surface area contributed by atoms with Gasteiger partial charge >= 0.3 is 0 Å². The predicted octanol–water partition coefficient (Wildman–Crippen LogP) is 4.04. The number of aryl methyl sites for hydroxylation is 1. The molecule has 2 aromatic carbocycles. The molecule has 1 heterocycles. The van der Waals surface area contributed by atoms with Crippen molar-refractivity contribution < 1.29 is 4.79 Å². The van der Waals surface area contributed by atoms with E-state index in [0.717, 1.165) is 21.3 Å². The number of aromatic nitrogens is 2.